The fourth-order valence-electron chi connectivity index (χ4n) is 4.47. The molecule has 1 aromatic heterocycles. The van der Waals surface area contributed by atoms with Crippen molar-refractivity contribution in [2.24, 2.45) is 0 Å². The molecule has 1 aliphatic rings. The predicted octanol–water partition coefficient (Wildman–Crippen LogP) is 5.87. The van der Waals surface area contributed by atoms with Gasteiger partial charge in [0.1, 0.15) is 5.82 Å². The van der Waals surface area contributed by atoms with Crippen LogP contribution in [0.25, 0.3) is 0 Å². The highest BCUT2D eigenvalue weighted by molar-refractivity contribution is 7.99. The Morgan fingerprint density at radius 1 is 1.12 bits per heavy atom. The van der Waals surface area contributed by atoms with Gasteiger partial charge in [-0.3, -0.25) is 9.55 Å². The Labute approximate surface area is 195 Å². The summed E-state index contributed by atoms with van der Waals surface area (Å²) >= 11 is 1.85. The van der Waals surface area contributed by atoms with Gasteiger partial charge < -0.3 is 14.7 Å². The van der Waals surface area contributed by atoms with E-state index in [0.29, 0.717) is 19.5 Å². The molecule has 1 saturated carbocycles. The minimum atomic E-state index is -2.82. The maximum Gasteiger partial charge on any atom is 0.316 e. The summed E-state index contributed by atoms with van der Waals surface area (Å²) in [6.07, 6.45) is 11.2. The number of benzene rings is 1. The second-order valence-electron chi connectivity index (χ2n) is 8.43. The van der Waals surface area contributed by atoms with Crippen LogP contribution in [0, 0.1) is 5.82 Å². The Morgan fingerprint density at radius 2 is 1.91 bits per heavy atom. The molecule has 3 rings (SSSR count). The Balaban J connectivity index is 1.33. The zero-order chi connectivity index (χ0) is 22.7. The Bertz CT molecular complexity index is 830. The lowest BCUT2D eigenvalue weighted by atomic mass is 9.75. The number of nitrogens with one attached hydrogen (secondary N) is 1. The summed E-state index contributed by atoms with van der Waals surface area (Å²) < 4.78 is 28.4. The summed E-state index contributed by atoms with van der Waals surface area (Å²) in [7, 11) is -2.82. The summed E-state index contributed by atoms with van der Waals surface area (Å²) in [6, 6.07) is 11.3. The second-order valence-corrected chi connectivity index (χ2v) is 10.4. The normalized spacial score (nSPS) is 16.3. The lowest BCUT2D eigenvalue weighted by Gasteiger charge is -2.30. The third kappa shape index (κ3) is 8.27. The molecule has 0 spiro atoms. The van der Waals surface area contributed by atoms with E-state index < -0.39 is 8.25 Å². The molecule has 1 fully saturated rings. The molecule has 8 heteroatoms. The van der Waals surface area contributed by atoms with Crippen molar-refractivity contribution in [2.75, 3.05) is 18.9 Å². The molecule has 5 nitrogen and oxygen atoms in total. The van der Waals surface area contributed by atoms with Gasteiger partial charge in [0.05, 0.1) is 12.3 Å². The van der Waals surface area contributed by atoms with Gasteiger partial charge in [0.25, 0.3) is 0 Å². The third-order valence-electron chi connectivity index (χ3n) is 6.16. The molecule has 0 saturated heterocycles. The summed E-state index contributed by atoms with van der Waals surface area (Å²) in [5.41, 5.74) is 2.54. The van der Waals surface area contributed by atoms with Crippen LogP contribution in [-0.4, -0.2) is 28.8 Å². The van der Waals surface area contributed by atoms with Crippen LogP contribution in [0.4, 0.5) is 4.39 Å². The lowest BCUT2D eigenvalue weighted by Crippen LogP contribution is -2.22. The number of rotatable bonds is 14. The fraction of sp³-hybridized carbons (Fsp3) is 0.542. The summed E-state index contributed by atoms with van der Waals surface area (Å²) in [4.78, 5) is 14.3. The number of aromatic nitrogens is 1. The molecular weight excluding hydrogens is 446 g/mol. The van der Waals surface area contributed by atoms with Gasteiger partial charge in [-0.1, -0.05) is 31.4 Å². The fourth-order valence-corrected chi connectivity index (χ4v) is 5.66. The zero-order valence-electron chi connectivity index (χ0n) is 18.5. The third-order valence-corrected chi connectivity index (χ3v) is 7.68. The molecular formula is C24H34FN2O3PS. The minimum Gasteiger partial charge on any atom is -0.326 e. The number of unbranched alkanes of at least 4 members (excludes halogenated alkanes) is 1. The van der Waals surface area contributed by atoms with Crippen molar-refractivity contribution in [1.29, 1.82) is 0 Å². The number of thioether (sulfide) groups is 1. The predicted molar refractivity (Wildman–Crippen MR) is 129 cm³/mol. The smallest absolute Gasteiger partial charge is 0.316 e. The molecule has 0 aliphatic heterocycles. The largest absolute Gasteiger partial charge is 0.326 e. The van der Waals surface area contributed by atoms with Crippen LogP contribution in [-0.2, 0) is 21.0 Å². The molecule has 1 heterocycles. The molecule has 0 amide bonds. The Kier molecular flexibility index (Phi) is 10.7. The molecule has 0 bridgehead atoms. The van der Waals surface area contributed by atoms with Crippen LogP contribution in [0.15, 0.2) is 47.5 Å². The van der Waals surface area contributed by atoms with Gasteiger partial charge in [-0.15, -0.1) is 11.8 Å². The van der Waals surface area contributed by atoms with Gasteiger partial charge in [-0.2, -0.15) is 0 Å². The highest BCUT2D eigenvalue weighted by Crippen LogP contribution is 2.45. The molecule has 1 atom stereocenters. The van der Waals surface area contributed by atoms with Crippen molar-refractivity contribution < 1.29 is 18.4 Å². The van der Waals surface area contributed by atoms with E-state index in [-0.39, 0.29) is 17.8 Å². The first kappa shape index (κ1) is 25.4. The van der Waals surface area contributed by atoms with Crippen LogP contribution in [0.2, 0.25) is 0 Å². The van der Waals surface area contributed by atoms with E-state index >= 15 is 0 Å². The molecule has 32 heavy (non-hydrogen) atoms. The average Bonchev–Trinajstić information content (AvgIpc) is 3.27. The van der Waals surface area contributed by atoms with Crippen LogP contribution < -0.4 is 5.32 Å². The van der Waals surface area contributed by atoms with Crippen molar-refractivity contribution in [3.63, 3.8) is 0 Å². The number of hydrogen-bond acceptors (Lipinski definition) is 5. The van der Waals surface area contributed by atoms with Crippen molar-refractivity contribution >= 4 is 20.0 Å². The maximum atomic E-state index is 13.3. The van der Waals surface area contributed by atoms with E-state index in [1.165, 1.54) is 55.4 Å². The van der Waals surface area contributed by atoms with Gasteiger partial charge in [-0.25, -0.2) is 4.39 Å². The number of hydrogen-bond donors (Lipinski definition) is 2. The van der Waals surface area contributed by atoms with Gasteiger partial charge >= 0.3 is 8.25 Å². The lowest BCUT2D eigenvalue weighted by molar-refractivity contribution is 0.276. The van der Waals surface area contributed by atoms with Gasteiger partial charge in [0.15, 0.2) is 0 Å². The van der Waals surface area contributed by atoms with E-state index in [1.807, 2.05) is 36.2 Å². The van der Waals surface area contributed by atoms with E-state index in [0.717, 1.165) is 11.4 Å². The van der Waals surface area contributed by atoms with Crippen LogP contribution >= 0.6 is 20.0 Å². The van der Waals surface area contributed by atoms with Crippen LogP contribution in [0.5, 0.6) is 0 Å². The Hall–Kier alpha value is -1.24. The highest BCUT2D eigenvalue weighted by atomic mass is 32.2. The first-order chi connectivity index (χ1) is 15.6. The van der Waals surface area contributed by atoms with Crippen molar-refractivity contribution in [2.45, 2.75) is 68.2 Å². The molecule has 1 aromatic carbocycles. The first-order valence-electron chi connectivity index (χ1n) is 11.5. The maximum absolute atomic E-state index is 13.3. The standard InChI is InChI=1S/C24H34FN2O3PS/c25-21-8-6-20(7-9-21)24(12-1-2-13-24)14-3-4-17-32-23-11-10-22(27-19-23)18-26-15-5-16-30-31(28)29/h6-11,19,26,31H,1-5,12-18H2,(H,28,29). The second kappa shape index (κ2) is 13.5. The van der Waals surface area contributed by atoms with Crippen molar-refractivity contribution in [1.82, 2.24) is 10.3 Å². The van der Waals surface area contributed by atoms with Crippen molar-refractivity contribution in [3.8, 4) is 0 Å². The van der Waals surface area contributed by atoms with E-state index in [9.17, 15) is 8.96 Å². The first-order valence-corrected chi connectivity index (χ1v) is 13.7. The summed E-state index contributed by atoms with van der Waals surface area (Å²) in [5.74, 6) is 0.924. The minimum absolute atomic E-state index is 0.152. The van der Waals surface area contributed by atoms with E-state index in [2.05, 4.69) is 20.9 Å². The average molecular weight is 481 g/mol. The molecule has 1 aliphatic carbocycles. The van der Waals surface area contributed by atoms with Gasteiger partial charge in [-0.05, 0) is 79.6 Å². The number of pyridine rings is 1. The zero-order valence-corrected chi connectivity index (χ0v) is 20.3. The quantitative estimate of drug-likeness (QED) is 0.200. The molecule has 1 unspecified atom stereocenters. The molecule has 0 radical (unpaired) electrons. The van der Waals surface area contributed by atoms with Crippen LogP contribution in [0.1, 0.15) is 62.6 Å². The highest BCUT2D eigenvalue weighted by Gasteiger charge is 2.34. The van der Waals surface area contributed by atoms with Gasteiger partial charge in [0.2, 0.25) is 0 Å². The van der Waals surface area contributed by atoms with Crippen molar-refractivity contribution in [3.05, 3.63) is 59.7 Å². The summed E-state index contributed by atoms with van der Waals surface area (Å²) in [5, 5.41) is 3.26. The summed E-state index contributed by atoms with van der Waals surface area (Å²) in [6.45, 7) is 1.67. The monoisotopic (exact) mass is 480 g/mol. The van der Waals surface area contributed by atoms with Gasteiger partial charge in [0, 0.05) is 17.6 Å². The molecule has 176 valence electrons. The van der Waals surface area contributed by atoms with E-state index in [1.54, 1.807) is 12.1 Å². The van der Waals surface area contributed by atoms with Crippen LogP contribution in [0.3, 0.4) is 0 Å². The number of halogens is 1. The van der Waals surface area contributed by atoms with E-state index in [4.69, 9.17) is 4.89 Å². The number of nitrogens with zero attached hydrogens (tertiary/aromatic N) is 1. The molecule has 2 N–H and O–H groups in total. The molecule has 2 aromatic rings. The SMILES string of the molecule is O=[PH](O)OCCCNCc1ccc(SCCCCC2(c3ccc(F)cc3)CCCC2)cn1. The topological polar surface area (TPSA) is 71.5 Å². The Morgan fingerprint density at radius 3 is 2.59 bits per heavy atom.